The Hall–Kier alpha value is -8.10. The Bertz CT molecular complexity index is 3040. The number of aryl methyl sites for hydroxylation is 1. The number of rotatable bonds is 12. The molecule has 6 heterocycles. The molecule has 0 aliphatic heterocycles. The number of fused-ring (bicyclic) bond motifs is 1. The molecule has 8 rings (SSSR count). The van der Waals surface area contributed by atoms with E-state index >= 15 is 8.78 Å². The number of carbonyl (C=O) groups is 2. The second-order valence-electron chi connectivity index (χ2n) is 16.2. The number of pyridine rings is 2. The summed E-state index contributed by atoms with van der Waals surface area (Å²) in [5, 5.41) is 20.6. The van der Waals surface area contributed by atoms with E-state index in [0.29, 0.717) is 56.4 Å². The highest BCUT2D eigenvalue weighted by molar-refractivity contribution is 5.92. The molecule has 19 nitrogen and oxygen atoms in total. The maximum absolute atomic E-state index is 15.5. The van der Waals surface area contributed by atoms with Crippen LogP contribution in [0.15, 0.2) is 76.2 Å². The predicted octanol–water partition coefficient (Wildman–Crippen LogP) is 5.80. The molecule has 0 saturated heterocycles. The molecule has 8 aromatic rings. The van der Waals surface area contributed by atoms with E-state index in [1.165, 1.54) is 24.4 Å². The summed E-state index contributed by atoms with van der Waals surface area (Å²) >= 11 is 0. The second kappa shape index (κ2) is 16.1. The molecular formula is C42H41F2N15O4. The highest BCUT2D eigenvalue weighted by Gasteiger charge is 2.30. The fourth-order valence-corrected chi connectivity index (χ4v) is 6.53. The van der Waals surface area contributed by atoms with Gasteiger partial charge < -0.3 is 41.4 Å². The van der Waals surface area contributed by atoms with Crippen molar-refractivity contribution in [2.24, 2.45) is 7.05 Å². The van der Waals surface area contributed by atoms with Gasteiger partial charge in [0.25, 0.3) is 0 Å². The fraction of sp³-hybridized carbons (Fsp3) is 0.238. The van der Waals surface area contributed by atoms with Gasteiger partial charge >= 0.3 is 23.6 Å². The van der Waals surface area contributed by atoms with Crippen molar-refractivity contribution in [2.75, 3.05) is 16.8 Å². The molecule has 0 saturated carbocycles. The van der Waals surface area contributed by atoms with Gasteiger partial charge in [-0.05, 0) is 49.2 Å². The number of anilines is 3. The van der Waals surface area contributed by atoms with Crippen molar-refractivity contribution in [3.63, 3.8) is 0 Å². The number of amides is 2. The van der Waals surface area contributed by atoms with Gasteiger partial charge in [-0.1, -0.05) is 55.4 Å². The molecule has 2 aromatic carbocycles. The lowest BCUT2D eigenvalue weighted by atomic mass is 9.96. The first kappa shape index (κ1) is 41.6. The number of nitrogens with zero attached hydrogens (tertiary/aromatic N) is 9. The molecule has 322 valence electrons. The summed E-state index contributed by atoms with van der Waals surface area (Å²) in [6.07, 6.45) is 4.75. The third-order valence-electron chi connectivity index (χ3n) is 9.96. The number of H-pyrrole nitrogens is 1. The van der Waals surface area contributed by atoms with Crippen molar-refractivity contribution >= 4 is 40.2 Å². The zero-order valence-corrected chi connectivity index (χ0v) is 34.8. The lowest BCUT2D eigenvalue weighted by Crippen LogP contribution is -2.31. The van der Waals surface area contributed by atoms with Crippen molar-refractivity contribution in [3.05, 3.63) is 113 Å². The molecule has 21 heteroatoms. The standard InChI is InChI=1S/C42H41F2N15O4/c1-41(2,3)39-53-37(62-57-39)35(60)49-17-22-9-7-20(15-26(22)43)24-11-13-47-32(29(24)46)55-42(4,5)40-54-38(63-58-40)36(61)50-18-23-10-8-21(16-27(23)44)25-12-14-48-33-30(25)51-34(52-33)31-28(45)19-59(6)56-31/h7-16,19H,17-18,45-46H2,1-6H3,(H,47,55)(H,49,60)(H,50,61)(H,48,51,52). The van der Waals surface area contributed by atoms with Gasteiger partial charge in [0.2, 0.25) is 0 Å². The monoisotopic (exact) mass is 857 g/mol. The third kappa shape index (κ3) is 8.47. The van der Waals surface area contributed by atoms with Gasteiger partial charge in [0, 0.05) is 66.4 Å². The van der Waals surface area contributed by atoms with Crippen molar-refractivity contribution in [1.29, 1.82) is 0 Å². The molecule has 0 radical (unpaired) electrons. The van der Waals surface area contributed by atoms with Gasteiger partial charge in [-0.25, -0.2) is 23.7 Å². The minimum Gasteiger partial charge on any atom is -0.396 e. The lowest BCUT2D eigenvalue weighted by Gasteiger charge is -2.24. The minimum atomic E-state index is -1.08. The van der Waals surface area contributed by atoms with E-state index in [4.69, 9.17) is 20.5 Å². The van der Waals surface area contributed by atoms with E-state index < -0.39 is 34.4 Å². The molecule has 8 N–H and O–H groups in total. The summed E-state index contributed by atoms with van der Waals surface area (Å²) < 4.78 is 42.8. The topological polar surface area (TPSA) is 272 Å². The largest absolute Gasteiger partial charge is 0.396 e. The number of nitrogen functional groups attached to an aromatic ring is 2. The van der Waals surface area contributed by atoms with E-state index in [-0.39, 0.29) is 53.3 Å². The van der Waals surface area contributed by atoms with Crippen LogP contribution in [0.25, 0.3) is 44.9 Å². The molecule has 6 aromatic heterocycles. The summed E-state index contributed by atoms with van der Waals surface area (Å²) in [5.41, 5.74) is 15.8. The molecular weight excluding hydrogens is 817 g/mol. The van der Waals surface area contributed by atoms with E-state index in [0.717, 1.165) is 0 Å². The molecule has 0 aliphatic rings. The van der Waals surface area contributed by atoms with Crippen molar-refractivity contribution in [1.82, 2.24) is 60.6 Å². The lowest BCUT2D eigenvalue weighted by molar-refractivity contribution is 0.0899. The number of nitrogens with two attached hydrogens (primary N) is 2. The zero-order valence-electron chi connectivity index (χ0n) is 34.8. The van der Waals surface area contributed by atoms with Crippen LogP contribution in [-0.4, -0.2) is 61.8 Å². The normalized spacial score (nSPS) is 11.9. The molecule has 0 spiro atoms. The van der Waals surface area contributed by atoms with Gasteiger partial charge in [0.15, 0.2) is 34.6 Å². The average molecular weight is 858 g/mol. The van der Waals surface area contributed by atoms with Crippen molar-refractivity contribution < 1.29 is 27.4 Å². The third-order valence-corrected chi connectivity index (χ3v) is 9.96. The second-order valence-corrected chi connectivity index (χ2v) is 16.2. The Balaban J connectivity index is 0.899. The summed E-state index contributed by atoms with van der Waals surface area (Å²) in [6.45, 7) is 8.79. The number of hydrogen-bond donors (Lipinski definition) is 6. The number of imidazole rings is 1. The van der Waals surface area contributed by atoms with E-state index in [2.05, 4.69) is 61.3 Å². The van der Waals surface area contributed by atoms with Crippen LogP contribution in [0.4, 0.5) is 26.0 Å². The zero-order chi connectivity index (χ0) is 44.8. The molecule has 0 fully saturated rings. The van der Waals surface area contributed by atoms with Gasteiger partial charge in [0.1, 0.15) is 17.2 Å². The quantitative estimate of drug-likeness (QED) is 0.0847. The Labute approximate surface area is 357 Å². The van der Waals surface area contributed by atoms with Crippen LogP contribution in [0.2, 0.25) is 0 Å². The van der Waals surface area contributed by atoms with Gasteiger partial charge in [-0.3, -0.25) is 14.3 Å². The molecule has 0 atom stereocenters. The molecule has 63 heavy (non-hydrogen) atoms. The van der Waals surface area contributed by atoms with Crippen LogP contribution < -0.4 is 27.4 Å². The highest BCUT2D eigenvalue weighted by Crippen LogP contribution is 2.35. The Morgan fingerprint density at radius 3 is 1.92 bits per heavy atom. The van der Waals surface area contributed by atoms with Crippen LogP contribution in [-0.2, 0) is 31.1 Å². The van der Waals surface area contributed by atoms with Gasteiger partial charge in [-0.15, -0.1) is 0 Å². The predicted molar refractivity (Wildman–Crippen MR) is 226 cm³/mol. The fourth-order valence-electron chi connectivity index (χ4n) is 6.53. The van der Waals surface area contributed by atoms with Crippen LogP contribution in [0.5, 0.6) is 0 Å². The number of carbonyl (C=O) groups excluding carboxylic acids is 2. The molecule has 0 bridgehead atoms. The first-order valence-electron chi connectivity index (χ1n) is 19.4. The number of aromatic amines is 1. The van der Waals surface area contributed by atoms with Crippen LogP contribution in [0, 0.1) is 11.6 Å². The number of hydrogen-bond acceptors (Lipinski definition) is 15. The van der Waals surface area contributed by atoms with Crippen LogP contribution in [0.3, 0.4) is 0 Å². The van der Waals surface area contributed by atoms with Crippen molar-refractivity contribution in [2.45, 2.75) is 58.7 Å². The number of aromatic nitrogens is 10. The SMILES string of the molecule is Cn1cc(N)c(-c2nc3c(-c4ccc(CNC(=O)c5nc(C(C)(C)Nc6nccc(-c7ccc(CNC(=O)c8nc(C(C)(C)C)no8)c(F)c7)c6N)no5)c(F)c4)ccnc3[nH]2)n1. The number of benzene rings is 2. The minimum absolute atomic E-state index is 0.0957. The number of halogens is 2. The molecule has 0 aliphatic carbocycles. The van der Waals surface area contributed by atoms with Gasteiger partial charge in [-0.2, -0.15) is 15.1 Å². The highest BCUT2D eigenvalue weighted by atomic mass is 19.1. The Morgan fingerprint density at radius 2 is 1.35 bits per heavy atom. The van der Waals surface area contributed by atoms with Crippen LogP contribution >= 0.6 is 0 Å². The Kier molecular flexibility index (Phi) is 10.6. The molecule has 2 amide bonds. The van der Waals surface area contributed by atoms with Crippen molar-refractivity contribution in [3.8, 4) is 33.8 Å². The first-order chi connectivity index (χ1) is 29.9. The summed E-state index contributed by atoms with van der Waals surface area (Å²) in [6, 6.07) is 12.5. The maximum Gasteiger partial charge on any atom is 0.316 e. The van der Waals surface area contributed by atoms with Crippen LogP contribution in [0.1, 0.15) is 78.8 Å². The average Bonchev–Trinajstić information content (AvgIpc) is 4.07. The summed E-state index contributed by atoms with van der Waals surface area (Å²) in [4.78, 5) is 50.6. The van der Waals surface area contributed by atoms with E-state index in [1.54, 1.807) is 68.3 Å². The Morgan fingerprint density at radius 1 is 0.778 bits per heavy atom. The smallest absolute Gasteiger partial charge is 0.316 e. The van der Waals surface area contributed by atoms with E-state index in [1.807, 2.05) is 20.8 Å². The van der Waals surface area contributed by atoms with E-state index in [9.17, 15) is 9.59 Å². The number of nitrogens with one attached hydrogen (secondary N) is 4. The molecule has 0 unspecified atom stereocenters. The summed E-state index contributed by atoms with van der Waals surface area (Å²) in [5.74, 6) is -1.95. The first-order valence-corrected chi connectivity index (χ1v) is 19.4. The summed E-state index contributed by atoms with van der Waals surface area (Å²) in [7, 11) is 1.75. The maximum atomic E-state index is 15.5. The van der Waals surface area contributed by atoms with Gasteiger partial charge in [0.05, 0.1) is 16.9 Å².